The van der Waals surface area contributed by atoms with Crippen molar-refractivity contribution in [3.8, 4) is 5.88 Å². The van der Waals surface area contributed by atoms with Crippen LogP contribution in [0.3, 0.4) is 0 Å². The number of carboxylic acid groups (broad SMARTS) is 1. The number of aryl methyl sites for hydroxylation is 1. The van der Waals surface area contributed by atoms with E-state index in [2.05, 4.69) is 4.98 Å². The number of nitrogens with zero attached hydrogens (tertiary/aromatic N) is 3. The van der Waals surface area contributed by atoms with Gasteiger partial charge >= 0.3 is 6.09 Å². The van der Waals surface area contributed by atoms with Crippen molar-refractivity contribution in [3.63, 3.8) is 0 Å². The molecule has 110 valence electrons. The molecule has 1 aromatic heterocycles. The maximum atomic E-state index is 10.9. The molecular formula is C12H17N3O5. The molecule has 0 atom stereocenters. The quantitative estimate of drug-likeness (QED) is 0.606. The van der Waals surface area contributed by atoms with Gasteiger partial charge in [-0.15, -0.1) is 0 Å². The number of pyridine rings is 1. The van der Waals surface area contributed by atoms with E-state index in [-0.39, 0.29) is 30.4 Å². The van der Waals surface area contributed by atoms with Gasteiger partial charge in [-0.2, -0.15) is 0 Å². The van der Waals surface area contributed by atoms with E-state index in [0.717, 1.165) is 6.42 Å². The number of rotatable bonds is 7. The highest BCUT2D eigenvalue weighted by molar-refractivity contribution is 5.64. The lowest BCUT2D eigenvalue weighted by atomic mass is 10.3. The largest absolute Gasteiger partial charge is 0.476 e. The predicted octanol–water partition coefficient (Wildman–Crippen LogP) is 2.07. The molecule has 0 spiro atoms. The normalized spacial score (nSPS) is 10.1. The number of nitro groups is 1. The fourth-order valence-electron chi connectivity index (χ4n) is 1.64. The summed E-state index contributed by atoms with van der Waals surface area (Å²) < 4.78 is 5.31. The number of ether oxygens (including phenoxy) is 1. The van der Waals surface area contributed by atoms with Gasteiger partial charge in [-0.25, -0.2) is 9.78 Å². The summed E-state index contributed by atoms with van der Waals surface area (Å²) in [4.78, 5) is 26.2. The van der Waals surface area contributed by atoms with E-state index in [4.69, 9.17) is 9.84 Å². The molecule has 0 radical (unpaired) electrons. The molecule has 0 aliphatic rings. The molecule has 0 saturated carbocycles. The Bertz CT molecular complexity index is 492. The molecule has 0 aliphatic carbocycles. The Balaban J connectivity index is 2.55. The summed E-state index contributed by atoms with van der Waals surface area (Å²) in [5, 5.41) is 19.6. The van der Waals surface area contributed by atoms with E-state index in [0.29, 0.717) is 6.54 Å². The van der Waals surface area contributed by atoms with Crippen LogP contribution in [0.15, 0.2) is 12.1 Å². The molecule has 0 unspecified atom stereocenters. The SMILES string of the molecule is CCCN(CCOc1ccc([N+](=O)[O-])c(C)n1)C(=O)O. The molecule has 8 heteroatoms. The average molecular weight is 283 g/mol. The minimum absolute atomic E-state index is 0.0736. The molecule has 1 amide bonds. The second kappa shape index (κ2) is 7.27. The minimum Gasteiger partial charge on any atom is -0.476 e. The fourth-order valence-corrected chi connectivity index (χ4v) is 1.64. The minimum atomic E-state index is -0.997. The zero-order valence-electron chi connectivity index (χ0n) is 11.4. The number of carbonyl (C=O) groups is 1. The van der Waals surface area contributed by atoms with E-state index in [9.17, 15) is 14.9 Å². The van der Waals surface area contributed by atoms with E-state index in [1.165, 1.54) is 24.0 Å². The first-order valence-corrected chi connectivity index (χ1v) is 6.18. The summed E-state index contributed by atoms with van der Waals surface area (Å²) in [5.74, 6) is 0.245. The molecule has 0 saturated heterocycles. The summed E-state index contributed by atoms with van der Waals surface area (Å²) in [5.41, 5.74) is 0.187. The van der Waals surface area contributed by atoms with Gasteiger partial charge in [0.2, 0.25) is 5.88 Å². The third kappa shape index (κ3) is 4.38. The highest BCUT2D eigenvalue weighted by atomic mass is 16.6. The number of hydrogen-bond acceptors (Lipinski definition) is 5. The third-order valence-corrected chi connectivity index (χ3v) is 2.60. The Morgan fingerprint density at radius 1 is 1.50 bits per heavy atom. The molecule has 1 heterocycles. The van der Waals surface area contributed by atoms with Crippen LogP contribution in [0.5, 0.6) is 5.88 Å². The van der Waals surface area contributed by atoms with Crippen molar-refractivity contribution in [2.45, 2.75) is 20.3 Å². The second-order valence-corrected chi connectivity index (χ2v) is 4.13. The Hall–Kier alpha value is -2.38. The first-order chi connectivity index (χ1) is 9.45. The Kier molecular flexibility index (Phi) is 5.70. The molecule has 1 N–H and O–H groups in total. The Labute approximate surface area is 116 Å². The first-order valence-electron chi connectivity index (χ1n) is 6.18. The van der Waals surface area contributed by atoms with Crippen molar-refractivity contribution in [1.29, 1.82) is 0 Å². The molecule has 0 fully saturated rings. The number of amides is 1. The lowest BCUT2D eigenvalue weighted by molar-refractivity contribution is -0.385. The van der Waals surface area contributed by atoms with Crippen LogP contribution in [0.25, 0.3) is 0 Å². The van der Waals surface area contributed by atoms with Gasteiger partial charge in [-0.1, -0.05) is 6.92 Å². The molecule has 8 nitrogen and oxygen atoms in total. The van der Waals surface area contributed by atoms with Crippen molar-refractivity contribution in [2.75, 3.05) is 19.7 Å². The lowest BCUT2D eigenvalue weighted by Crippen LogP contribution is -2.34. The number of aromatic nitrogens is 1. The van der Waals surface area contributed by atoms with Gasteiger partial charge in [0.1, 0.15) is 12.3 Å². The zero-order valence-corrected chi connectivity index (χ0v) is 11.4. The van der Waals surface area contributed by atoms with Gasteiger partial charge in [0.15, 0.2) is 0 Å². The lowest BCUT2D eigenvalue weighted by Gasteiger charge is -2.18. The van der Waals surface area contributed by atoms with E-state index in [1.54, 1.807) is 0 Å². The number of hydrogen-bond donors (Lipinski definition) is 1. The molecule has 0 aromatic carbocycles. The highest BCUT2D eigenvalue weighted by Gasteiger charge is 2.13. The topological polar surface area (TPSA) is 106 Å². The van der Waals surface area contributed by atoms with Gasteiger partial charge < -0.3 is 14.7 Å². The van der Waals surface area contributed by atoms with Crippen LogP contribution >= 0.6 is 0 Å². The molecule has 1 rings (SSSR count). The molecule has 20 heavy (non-hydrogen) atoms. The summed E-state index contributed by atoms with van der Waals surface area (Å²) in [6.07, 6.45) is -0.274. The van der Waals surface area contributed by atoms with Crippen LogP contribution in [0.4, 0.5) is 10.5 Å². The summed E-state index contributed by atoms with van der Waals surface area (Å²) in [6, 6.07) is 2.72. The van der Waals surface area contributed by atoms with Gasteiger partial charge in [0, 0.05) is 18.7 Å². The van der Waals surface area contributed by atoms with Crippen molar-refractivity contribution < 1.29 is 19.6 Å². The summed E-state index contributed by atoms with van der Waals surface area (Å²) in [6.45, 7) is 4.21. The Morgan fingerprint density at radius 3 is 2.70 bits per heavy atom. The standard InChI is InChI=1S/C12H17N3O5/c1-3-6-14(12(16)17)7-8-20-11-5-4-10(15(18)19)9(2)13-11/h4-5H,3,6-8H2,1-2H3,(H,16,17). The van der Waals surface area contributed by atoms with Crippen molar-refractivity contribution in [3.05, 3.63) is 27.9 Å². The van der Waals surface area contributed by atoms with E-state index < -0.39 is 11.0 Å². The third-order valence-electron chi connectivity index (χ3n) is 2.60. The van der Waals surface area contributed by atoms with Gasteiger partial charge in [-0.05, 0) is 13.3 Å². The van der Waals surface area contributed by atoms with Crippen LogP contribution in [0, 0.1) is 17.0 Å². The summed E-state index contributed by atoms with van der Waals surface area (Å²) >= 11 is 0. The predicted molar refractivity (Wildman–Crippen MR) is 71.0 cm³/mol. The zero-order chi connectivity index (χ0) is 15.1. The van der Waals surface area contributed by atoms with Crippen molar-refractivity contribution >= 4 is 11.8 Å². The fraction of sp³-hybridized carbons (Fsp3) is 0.500. The van der Waals surface area contributed by atoms with Crippen LogP contribution in [0.1, 0.15) is 19.0 Å². The van der Waals surface area contributed by atoms with Gasteiger partial charge in [0.25, 0.3) is 5.69 Å². The van der Waals surface area contributed by atoms with Crippen LogP contribution in [0.2, 0.25) is 0 Å². The monoisotopic (exact) mass is 283 g/mol. The smallest absolute Gasteiger partial charge is 0.407 e. The van der Waals surface area contributed by atoms with Crippen LogP contribution in [-0.4, -0.2) is 45.7 Å². The maximum Gasteiger partial charge on any atom is 0.407 e. The van der Waals surface area contributed by atoms with Crippen molar-refractivity contribution in [1.82, 2.24) is 9.88 Å². The second-order valence-electron chi connectivity index (χ2n) is 4.13. The van der Waals surface area contributed by atoms with Crippen LogP contribution in [-0.2, 0) is 0 Å². The molecule has 0 aliphatic heterocycles. The van der Waals surface area contributed by atoms with E-state index in [1.807, 2.05) is 6.92 Å². The van der Waals surface area contributed by atoms with Gasteiger partial charge in [-0.3, -0.25) is 10.1 Å². The van der Waals surface area contributed by atoms with Gasteiger partial charge in [0.05, 0.1) is 11.5 Å². The van der Waals surface area contributed by atoms with E-state index >= 15 is 0 Å². The van der Waals surface area contributed by atoms with Crippen LogP contribution < -0.4 is 4.74 Å². The molecule has 1 aromatic rings. The first kappa shape index (κ1) is 15.7. The average Bonchev–Trinajstić information content (AvgIpc) is 2.37. The maximum absolute atomic E-state index is 10.9. The highest BCUT2D eigenvalue weighted by Crippen LogP contribution is 2.18. The molecule has 0 bridgehead atoms. The Morgan fingerprint density at radius 2 is 2.20 bits per heavy atom. The van der Waals surface area contributed by atoms with Crippen molar-refractivity contribution in [2.24, 2.45) is 0 Å². The molecular weight excluding hydrogens is 266 g/mol. The summed E-state index contributed by atoms with van der Waals surface area (Å²) in [7, 11) is 0.